The third kappa shape index (κ3) is 3.43. The molecule has 0 bridgehead atoms. The predicted molar refractivity (Wildman–Crippen MR) is 95.6 cm³/mol. The maximum Gasteiger partial charge on any atom is 0.276 e. The summed E-state index contributed by atoms with van der Waals surface area (Å²) in [6.45, 7) is 0.981. The molecule has 1 amide bonds. The van der Waals surface area contributed by atoms with Gasteiger partial charge < -0.3 is 10.1 Å². The minimum atomic E-state index is -0.226. The van der Waals surface area contributed by atoms with Crippen molar-refractivity contribution in [3.05, 3.63) is 82.6 Å². The Morgan fingerprint density at radius 3 is 2.68 bits per heavy atom. The molecule has 3 aromatic rings. The Bertz CT molecular complexity index is 891. The molecule has 4 rings (SSSR count). The summed E-state index contributed by atoms with van der Waals surface area (Å²) >= 11 is 5.93. The number of ether oxygens (including phenoxy) is 1. The second kappa shape index (κ2) is 6.70. The molecule has 1 atom stereocenters. The molecule has 1 aromatic heterocycles. The van der Waals surface area contributed by atoms with E-state index in [1.54, 1.807) is 6.07 Å². The Hall–Kier alpha value is -2.63. The number of rotatable bonds is 3. The highest BCUT2D eigenvalue weighted by Crippen LogP contribution is 2.27. The summed E-state index contributed by atoms with van der Waals surface area (Å²) in [6.07, 6.45) is -0.102. The number of nitrogens with zero attached hydrogens (tertiary/aromatic N) is 2. The zero-order valence-electron chi connectivity index (χ0n) is 13.4. The van der Waals surface area contributed by atoms with Gasteiger partial charge in [-0.2, -0.15) is 5.10 Å². The lowest BCUT2D eigenvalue weighted by Crippen LogP contribution is -2.22. The van der Waals surface area contributed by atoms with Crippen molar-refractivity contribution in [3.63, 3.8) is 0 Å². The minimum Gasteiger partial charge on any atom is -0.365 e. The summed E-state index contributed by atoms with van der Waals surface area (Å²) in [5.74, 6) is -0.226. The topological polar surface area (TPSA) is 56.2 Å². The second-order valence-corrected chi connectivity index (χ2v) is 6.31. The van der Waals surface area contributed by atoms with E-state index in [9.17, 15) is 4.79 Å². The van der Waals surface area contributed by atoms with Gasteiger partial charge in [-0.15, -0.1) is 0 Å². The normalized spacial score (nSPS) is 16.3. The van der Waals surface area contributed by atoms with Crippen LogP contribution >= 0.6 is 11.6 Å². The van der Waals surface area contributed by atoms with Gasteiger partial charge in [-0.1, -0.05) is 41.9 Å². The number of hydrogen-bond acceptors (Lipinski definition) is 3. The number of carbonyl (C=O) groups excluding carboxylic acids is 1. The third-order valence-electron chi connectivity index (χ3n) is 4.14. The van der Waals surface area contributed by atoms with Crippen LogP contribution in [0.3, 0.4) is 0 Å². The maximum absolute atomic E-state index is 12.4. The van der Waals surface area contributed by atoms with Crippen LogP contribution in [0.25, 0.3) is 0 Å². The van der Waals surface area contributed by atoms with Gasteiger partial charge in [0.05, 0.1) is 18.8 Å². The van der Waals surface area contributed by atoms with E-state index in [1.165, 1.54) is 0 Å². The van der Waals surface area contributed by atoms with Crippen LogP contribution in [0.5, 0.6) is 0 Å². The van der Waals surface area contributed by atoms with Gasteiger partial charge in [-0.3, -0.25) is 9.48 Å². The first-order valence-corrected chi connectivity index (χ1v) is 8.37. The molecular weight excluding hydrogens is 338 g/mol. The first-order valence-electron chi connectivity index (χ1n) is 7.99. The summed E-state index contributed by atoms with van der Waals surface area (Å²) in [5, 5.41) is 7.98. The van der Waals surface area contributed by atoms with Gasteiger partial charge in [0.1, 0.15) is 6.10 Å². The number of hydrogen-bond donors (Lipinski definition) is 1. The molecule has 2 aromatic carbocycles. The van der Waals surface area contributed by atoms with Crippen LogP contribution in [0.15, 0.2) is 60.7 Å². The highest BCUT2D eigenvalue weighted by Gasteiger charge is 2.24. The van der Waals surface area contributed by atoms with E-state index >= 15 is 0 Å². The number of carbonyl (C=O) groups is 1. The van der Waals surface area contributed by atoms with Crippen LogP contribution in [0.4, 0.5) is 5.69 Å². The van der Waals surface area contributed by atoms with Crippen molar-refractivity contribution in [2.45, 2.75) is 19.3 Å². The number of anilines is 1. The van der Waals surface area contributed by atoms with E-state index in [1.807, 2.05) is 59.3 Å². The van der Waals surface area contributed by atoms with Gasteiger partial charge in [0.2, 0.25) is 0 Å². The van der Waals surface area contributed by atoms with Gasteiger partial charge in [0.25, 0.3) is 5.91 Å². The first kappa shape index (κ1) is 15.9. The lowest BCUT2D eigenvalue weighted by Gasteiger charge is -2.24. The molecule has 0 aliphatic carbocycles. The average molecular weight is 354 g/mol. The molecule has 1 aliphatic rings. The van der Waals surface area contributed by atoms with Crippen LogP contribution in [-0.4, -0.2) is 15.7 Å². The Morgan fingerprint density at radius 1 is 1.16 bits per heavy atom. The number of nitrogens with one attached hydrogen (secondary N) is 1. The molecule has 1 unspecified atom stereocenters. The quantitative estimate of drug-likeness (QED) is 0.772. The van der Waals surface area contributed by atoms with Gasteiger partial charge in [0, 0.05) is 10.7 Å². The van der Waals surface area contributed by atoms with Crippen molar-refractivity contribution in [2.75, 3.05) is 5.32 Å². The van der Waals surface area contributed by atoms with Crippen molar-refractivity contribution >= 4 is 23.2 Å². The molecule has 25 heavy (non-hydrogen) atoms. The molecule has 0 spiro atoms. The average Bonchev–Trinajstić information content (AvgIpc) is 3.06. The van der Waals surface area contributed by atoms with E-state index in [4.69, 9.17) is 16.3 Å². The zero-order valence-corrected chi connectivity index (χ0v) is 14.1. The van der Waals surface area contributed by atoms with Gasteiger partial charge in [-0.05, 0) is 35.9 Å². The van der Waals surface area contributed by atoms with Crippen molar-refractivity contribution < 1.29 is 9.53 Å². The molecule has 126 valence electrons. The first-order chi connectivity index (χ1) is 12.2. The van der Waals surface area contributed by atoms with Crippen molar-refractivity contribution in [1.29, 1.82) is 0 Å². The highest BCUT2D eigenvalue weighted by molar-refractivity contribution is 6.30. The lowest BCUT2D eigenvalue weighted by atomic mass is 10.1. The maximum atomic E-state index is 12.4. The number of aromatic nitrogens is 2. The van der Waals surface area contributed by atoms with Crippen LogP contribution in [-0.2, 0) is 17.9 Å². The summed E-state index contributed by atoms with van der Waals surface area (Å²) in [7, 11) is 0. The molecule has 0 radical (unpaired) electrons. The summed E-state index contributed by atoms with van der Waals surface area (Å²) < 4.78 is 7.74. The van der Waals surface area contributed by atoms with Crippen LogP contribution < -0.4 is 5.32 Å². The number of para-hydroxylation sites is 1. The molecule has 1 aliphatic heterocycles. The zero-order chi connectivity index (χ0) is 17.2. The van der Waals surface area contributed by atoms with E-state index in [0.29, 0.717) is 23.9 Å². The van der Waals surface area contributed by atoms with Crippen molar-refractivity contribution in [3.8, 4) is 0 Å². The van der Waals surface area contributed by atoms with Gasteiger partial charge in [-0.25, -0.2) is 0 Å². The van der Waals surface area contributed by atoms with Crippen molar-refractivity contribution in [1.82, 2.24) is 9.78 Å². The molecule has 1 N–H and O–H groups in total. The largest absolute Gasteiger partial charge is 0.365 e. The molecular formula is C19H16ClN3O2. The Kier molecular flexibility index (Phi) is 4.26. The minimum absolute atomic E-state index is 0.102. The van der Waals surface area contributed by atoms with Gasteiger partial charge in [0.15, 0.2) is 5.69 Å². The van der Waals surface area contributed by atoms with Crippen LogP contribution in [0.2, 0.25) is 5.02 Å². The van der Waals surface area contributed by atoms with E-state index < -0.39 is 0 Å². The van der Waals surface area contributed by atoms with Crippen LogP contribution in [0.1, 0.15) is 27.8 Å². The summed E-state index contributed by atoms with van der Waals surface area (Å²) in [5.41, 5.74) is 3.07. The lowest BCUT2D eigenvalue weighted by molar-refractivity contribution is -0.00118. The molecule has 0 fully saturated rings. The van der Waals surface area contributed by atoms with Gasteiger partial charge >= 0.3 is 0 Å². The molecule has 2 heterocycles. The smallest absolute Gasteiger partial charge is 0.276 e. The van der Waals surface area contributed by atoms with E-state index in [2.05, 4.69) is 10.4 Å². The fourth-order valence-electron chi connectivity index (χ4n) is 2.83. The Labute approximate surface area is 150 Å². The van der Waals surface area contributed by atoms with Crippen LogP contribution in [0, 0.1) is 0 Å². The number of amides is 1. The number of halogens is 1. The fourth-order valence-corrected chi connectivity index (χ4v) is 2.96. The molecule has 0 saturated carbocycles. The van der Waals surface area contributed by atoms with Crippen molar-refractivity contribution in [2.24, 2.45) is 0 Å². The third-order valence-corrected chi connectivity index (χ3v) is 4.39. The Balaban J connectivity index is 1.50. The fraction of sp³-hybridized carbons (Fsp3) is 0.158. The monoisotopic (exact) mass is 353 g/mol. The SMILES string of the molecule is O=C(Nc1ccccc1)c1cc2n(n1)CC(c1ccc(Cl)cc1)OC2. The number of benzene rings is 2. The molecule has 6 heteroatoms. The summed E-state index contributed by atoms with van der Waals surface area (Å²) in [4.78, 5) is 12.4. The molecule has 0 saturated heterocycles. The van der Waals surface area contributed by atoms with E-state index in [0.717, 1.165) is 16.9 Å². The molecule has 5 nitrogen and oxygen atoms in total. The highest BCUT2D eigenvalue weighted by atomic mass is 35.5. The van der Waals surface area contributed by atoms with E-state index in [-0.39, 0.29) is 12.0 Å². The Morgan fingerprint density at radius 2 is 1.92 bits per heavy atom. The second-order valence-electron chi connectivity index (χ2n) is 5.87. The number of fused-ring (bicyclic) bond motifs is 1. The predicted octanol–water partition coefficient (Wildman–Crippen LogP) is 4.06. The summed E-state index contributed by atoms with van der Waals surface area (Å²) in [6, 6.07) is 18.7. The standard InChI is InChI=1S/C19H16ClN3O2/c20-14-8-6-13(7-9-14)18-11-23-16(12-25-18)10-17(22-23)19(24)21-15-4-2-1-3-5-15/h1-10,18H,11-12H2,(H,21,24).